The Morgan fingerprint density at radius 2 is 1.54 bits per heavy atom. The molecule has 4 nitrogen and oxygen atoms in total. The molecule has 0 aliphatic heterocycles. The molecule has 2 aromatic rings. The molecule has 0 aromatic heterocycles. The summed E-state index contributed by atoms with van der Waals surface area (Å²) in [5.41, 5.74) is 1.97. The summed E-state index contributed by atoms with van der Waals surface area (Å²) in [4.78, 5) is 23.3. The van der Waals surface area contributed by atoms with E-state index in [-0.39, 0.29) is 23.7 Å². The Labute approximate surface area is 142 Å². The smallest absolute Gasteiger partial charge is 0.228 e. The maximum atomic E-state index is 12.1. The largest absolute Gasteiger partial charge is 0.488 e. The number of nitrogens with one attached hydrogen (secondary N) is 1. The van der Waals surface area contributed by atoms with Gasteiger partial charge in [-0.3, -0.25) is 9.59 Å². The second-order valence-corrected chi connectivity index (χ2v) is 6.72. The molecule has 1 N–H and O–H groups in total. The van der Waals surface area contributed by atoms with Crippen LogP contribution in [0, 0.1) is 0 Å². The number of benzene rings is 2. The summed E-state index contributed by atoms with van der Waals surface area (Å²) in [6.45, 7) is 7.49. The van der Waals surface area contributed by atoms with E-state index in [1.807, 2.05) is 45.0 Å². The van der Waals surface area contributed by atoms with Gasteiger partial charge >= 0.3 is 0 Å². The molecular weight excluding hydrogens is 302 g/mol. The Morgan fingerprint density at radius 1 is 0.958 bits per heavy atom. The number of hydrogen-bond donors (Lipinski definition) is 1. The highest BCUT2D eigenvalue weighted by atomic mass is 16.5. The number of hydrogen-bond acceptors (Lipinski definition) is 3. The molecule has 0 atom stereocenters. The standard InChI is InChI=1S/C20H23NO3/c1-14(22)16-7-9-17(10-8-16)21-19(23)13-15-5-11-18(12-6-15)24-20(2,3)4/h5-12H,13H2,1-4H3,(H,21,23). The summed E-state index contributed by atoms with van der Waals surface area (Å²) in [6, 6.07) is 14.4. The van der Waals surface area contributed by atoms with E-state index in [0.29, 0.717) is 11.3 Å². The van der Waals surface area contributed by atoms with Crippen molar-refractivity contribution in [3.63, 3.8) is 0 Å². The maximum Gasteiger partial charge on any atom is 0.228 e. The van der Waals surface area contributed by atoms with Crippen LogP contribution in [0.1, 0.15) is 43.6 Å². The first-order valence-corrected chi connectivity index (χ1v) is 7.92. The summed E-state index contributed by atoms with van der Waals surface area (Å²) in [5, 5.41) is 2.83. The van der Waals surface area contributed by atoms with Crippen molar-refractivity contribution in [1.29, 1.82) is 0 Å². The Balaban J connectivity index is 1.93. The summed E-state index contributed by atoms with van der Waals surface area (Å²) in [5.74, 6) is 0.687. The van der Waals surface area contributed by atoms with Crippen LogP contribution in [-0.4, -0.2) is 17.3 Å². The lowest BCUT2D eigenvalue weighted by Crippen LogP contribution is -2.22. The zero-order chi connectivity index (χ0) is 17.7. The van der Waals surface area contributed by atoms with Crippen molar-refractivity contribution < 1.29 is 14.3 Å². The molecule has 0 heterocycles. The zero-order valence-corrected chi connectivity index (χ0v) is 14.6. The lowest BCUT2D eigenvalue weighted by atomic mass is 10.1. The highest BCUT2D eigenvalue weighted by Gasteiger charge is 2.12. The van der Waals surface area contributed by atoms with E-state index in [2.05, 4.69) is 5.32 Å². The summed E-state index contributed by atoms with van der Waals surface area (Å²) < 4.78 is 5.76. The van der Waals surface area contributed by atoms with Gasteiger partial charge in [-0.2, -0.15) is 0 Å². The summed E-state index contributed by atoms with van der Waals surface area (Å²) >= 11 is 0. The van der Waals surface area contributed by atoms with Gasteiger partial charge < -0.3 is 10.1 Å². The molecule has 2 rings (SSSR count). The molecule has 1 amide bonds. The van der Waals surface area contributed by atoms with Crippen LogP contribution < -0.4 is 10.1 Å². The first-order chi connectivity index (χ1) is 11.2. The molecule has 0 bridgehead atoms. The topological polar surface area (TPSA) is 55.4 Å². The quantitative estimate of drug-likeness (QED) is 0.836. The fourth-order valence-electron chi connectivity index (χ4n) is 2.21. The maximum absolute atomic E-state index is 12.1. The van der Waals surface area contributed by atoms with Gasteiger partial charge in [0.15, 0.2) is 5.78 Å². The lowest BCUT2D eigenvalue weighted by Gasteiger charge is -2.21. The van der Waals surface area contributed by atoms with Crippen LogP contribution in [0.25, 0.3) is 0 Å². The van der Waals surface area contributed by atoms with Crippen LogP contribution in [0.3, 0.4) is 0 Å². The Hall–Kier alpha value is -2.62. The molecule has 0 aliphatic carbocycles. The highest BCUT2D eigenvalue weighted by Crippen LogP contribution is 2.19. The van der Waals surface area contributed by atoms with Gasteiger partial charge in [0.1, 0.15) is 11.4 Å². The van der Waals surface area contributed by atoms with Crippen LogP contribution in [0.15, 0.2) is 48.5 Å². The van der Waals surface area contributed by atoms with Crippen molar-refractivity contribution in [1.82, 2.24) is 0 Å². The molecule has 0 unspecified atom stereocenters. The number of amides is 1. The van der Waals surface area contributed by atoms with Crippen molar-refractivity contribution in [2.45, 2.75) is 39.7 Å². The van der Waals surface area contributed by atoms with Crippen molar-refractivity contribution in [2.75, 3.05) is 5.32 Å². The zero-order valence-electron chi connectivity index (χ0n) is 14.6. The molecule has 4 heteroatoms. The second kappa shape index (κ2) is 7.30. The molecule has 0 aliphatic rings. The lowest BCUT2D eigenvalue weighted by molar-refractivity contribution is -0.115. The summed E-state index contributed by atoms with van der Waals surface area (Å²) in [6.07, 6.45) is 0.282. The SMILES string of the molecule is CC(=O)c1ccc(NC(=O)Cc2ccc(OC(C)(C)C)cc2)cc1. The normalized spacial score (nSPS) is 11.0. The Morgan fingerprint density at radius 3 is 2.04 bits per heavy atom. The first-order valence-electron chi connectivity index (χ1n) is 7.92. The molecular formula is C20H23NO3. The van der Waals surface area contributed by atoms with Crippen LogP contribution in [0.2, 0.25) is 0 Å². The summed E-state index contributed by atoms with van der Waals surface area (Å²) in [7, 11) is 0. The van der Waals surface area contributed by atoms with Gasteiger partial charge in [-0.1, -0.05) is 12.1 Å². The van der Waals surface area contributed by atoms with E-state index in [1.54, 1.807) is 24.3 Å². The molecule has 0 saturated carbocycles. The van der Waals surface area contributed by atoms with Crippen molar-refractivity contribution in [3.8, 4) is 5.75 Å². The van der Waals surface area contributed by atoms with E-state index in [1.165, 1.54) is 6.92 Å². The number of ether oxygens (including phenoxy) is 1. The third kappa shape index (κ3) is 5.54. The van der Waals surface area contributed by atoms with Gasteiger partial charge in [0.25, 0.3) is 0 Å². The molecule has 0 fully saturated rings. The van der Waals surface area contributed by atoms with E-state index in [0.717, 1.165) is 11.3 Å². The van der Waals surface area contributed by atoms with E-state index in [4.69, 9.17) is 4.74 Å². The second-order valence-electron chi connectivity index (χ2n) is 6.72. The van der Waals surface area contributed by atoms with Crippen molar-refractivity contribution in [3.05, 3.63) is 59.7 Å². The number of carbonyl (C=O) groups excluding carboxylic acids is 2. The molecule has 2 aromatic carbocycles. The van der Waals surface area contributed by atoms with E-state index < -0.39 is 0 Å². The third-order valence-corrected chi connectivity index (χ3v) is 3.29. The number of Topliss-reactive ketones (excluding diaryl/α,β-unsaturated/α-hetero) is 1. The van der Waals surface area contributed by atoms with Crippen LogP contribution >= 0.6 is 0 Å². The van der Waals surface area contributed by atoms with Gasteiger partial charge in [0.05, 0.1) is 6.42 Å². The van der Waals surface area contributed by atoms with E-state index in [9.17, 15) is 9.59 Å². The van der Waals surface area contributed by atoms with E-state index >= 15 is 0 Å². The number of carbonyl (C=O) groups is 2. The average Bonchev–Trinajstić information content (AvgIpc) is 2.48. The number of ketones is 1. The van der Waals surface area contributed by atoms with Gasteiger partial charge in [-0.25, -0.2) is 0 Å². The first kappa shape index (κ1) is 17.7. The van der Waals surface area contributed by atoms with Gasteiger partial charge in [0.2, 0.25) is 5.91 Å². The molecule has 126 valence electrons. The Bertz CT molecular complexity index is 710. The minimum Gasteiger partial charge on any atom is -0.488 e. The average molecular weight is 325 g/mol. The number of rotatable bonds is 5. The van der Waals surface area contributed by atoms with Crippen molar-refractivity contribution >= 4 is 17.4 Å². The number of anilines is 1. The van der Waals surface area contributed by atoms with Crippen LogP contribution in [0.5, 0.6) is 5.75 Å². The van der Waals surface area contributed by atoms with Crippen LogP contribution in [0.4, 0.5) is 5.69 Å². The molecule has 0 saturated heterocycles. The fraction of sp³-hybridized carbons (Fsp3) is 0.300. The molecule has 0 radical (unpaired) electrons. The predicted octanol–water partition coefficient (Wildman–Crippen LogP) is 4.25. The van der Waals surface area contributed by atoms with Gasteiger partial charge in [0, 0.05) is 11.3 Å². The molecule has 24 heavy (non-hydrogen) atoms. The minimum atomic E-state index is -0.245. The predicted molar refractivity (Wildman–Crippen MR) is 95.6 cm³/mol. The van der Waals surface area contributed by atoms with Crippen molar-refractivity contribution in [2.24, 2.45) is 0 Å². The van der Waals surface area contributed by atoms with Crippen LogP contribution in [-0.2, 0) is 11.2 Å². The van der Waals surface area contributed by atoms with Gasteiger partial charge in [-0.05, 0) is 69.7 Å². The minimum absolute atomic E-state index is 0.00504. The third-order valence-electron chi connectivity index (χ3n) is 3.29. The Kier molecular flexibility index (Phi) is 5.39. The van der Waals surface area contributed by atoms with Gasteiger partial charge in [-0.15, -0.1) is 0 Å². The fourth-order valence-corrected chi connectivity index (χ4v) is 2.21. The molecule has 0 spiro atoms. The highest BCUT2D eigenvalue weighted by molar-refractivity contribution is 5.96. The monoisotopic (exact) mass is 325 g/mol.